The summed E-state index contributed by atoms with van der Waals surface area (Å²) in [5.74, 6) is 0.956. The van der Waals surface area contributed by atoms with Crippen molar-refractivity contribution in [3.8, 4) is 11.1 Å². The van der Waals surface area contributed by atoms with E-state index in [1.807, 2.05) is 6.07 Å². The molecule has 0 atom stereocenters. The van der Waals surface area contributed by atoms with Crippen LogP contribution in [-0.2, 0) is 19.3 Å². The van der Waals surface area contributed by atoms with Gasteiger partial charge in [-0.15, -0.1) is 0 Å². The number of benzene rings is 3. The van der Waals surface area contributed by atoms with Crippen LogP contribution < -0.4 is 0 Å². The summed E-state index contributed by atoms with van der Waals surface area (Å²) in [5, 5.41) is 1.11. The Morgan fingerprint density at radius 1 is 0.743 bits per heavy atom. The maximum atomic E-state index is 12.8. The van der Waals surface area contributed by atoms with Crippen LogP contribution in [-0.4, -0.2) is 36.0 Å². The second kappa shape index (κ2) is 9.88. The van der Waals surface area contributed by atoms with E-state index in [4.69, 9.17) is 4.42 Å². The van der Waals surface area contributed by atoms with Crippen LogP contribution in [0.25, 0.3) is 22.1 Å². The third-order valence-electron chi connectivity index (χ3n) is 6.70. The predicted octanol–water partition coefficient (Wildman–Crippen LogP) is 7.13. The van der Waals surface area contributed by atoms with E-state index < -0.39 is 11.7 Å². The van der Waals surface area contributed by atoms with E-state index in [-0.39, 0.29) is 0 Å². The van der Waals surface area contributed by atoms with Crippen molar-refractivity contribution in [1.29, 1.82) is 0 Å². The van der Waals surface area contributed by atoms with Crippen LogP contribution in [0.3, 0.4) is 0 Å². The molecule has 35 heavy (non-hydrogen) atoms. The summed E-state index contributed by atoms with van der Waals surface area (Å²) in [6.07, 6.45) is -3.28. The second-order valence-corrected chi connectivity index (χ2v) is 9.43. The Bertz CT molecular complexity index is 1280. The lowest BCUT2D eigenvalue weighted by atomic mass is 10.0. The Morgan fingerprint density at radius 2 is 1.40 bits per heavy atom. The van der Waals surface area contributed by atoms with Crippen LogP contribution >= 0.6 is 0 Å². The molecule has 1 aliphatic heterocycles. The zero-order chi connectivity index (χ0) is 24.4. The van der Waals surface area contributed by atoms with Crippen molar-refractivity contribution in [3.05, 3.63) is 95.2 Å². The van der Waals surface area contributed by atoms with Crippen molar-refractivity contribution >= 4 is 11.0 Å². The fraction of sp³-hybridized carbons (Fsp3) is 0.310. The fourth-order valence-corrected chi connectivity index (χ4v) is 4.72. The lowest BCUT2D eigenvalue weighted by Crippen LogP contribution is -2.30. The summed E-state index contributed by atoms with van der Waals surface area (Å²) in [6.45, 7) is 7.17. The largest absolute Gasteiger partial charge is 0.460 e. The van der Waals surface area contributed by atoms with Gasteiger partial charge in [-0.25, -0.2) is 0 Å². The summed E-state index contributed by atoms with van der Waals surface area (Å²) in [7, 11) is 0. The minimum atomic E-state index is -4.29. The van der Waals surface area contributed by atoms with E-state index in [0.717, 1.165) is 61.4 Å². The molecule has 6 heteroatoms. The number of fused-ring (bicyclic) bond motifs is 1. The van der Waals surface area contributed by atoms with Gasteiger partial charge in [0.2, 0.25) is 0 Å². The zero-order valence-electron chi connectivity index (χ0n) is 19.8. The van der Waals surface area contributed by atoms with E-state index in [9.17, 15) is 13.2 Å². The number of aryl methyl sites for hydroxylation is 1. The molecule has 0 unspecified atom stereocenters. The molecule has 0 saturated carbocycles. The second-order valence-electron chi connectivity index (χ2n) is 9.43. The van der Waals surface area contributed by atoms with E-state index in [0.29, 0.717) is 6.54 Å². The lowest BCUT2D eigenvalue weighted by molar-refractivity contribution is -0.137. The van der Waals surface area contributed by atoms with Crippen molar-refractivity contribution in [2.24, 2.45) is 0 Å². The molecule has 0 bridgehead atoms. The highest BCUT2D eigenvalue weighted by molar-refractivity contribution is 5.84. The molecule has 5 rings (SSSR count). The molecule has 0 N–H and O–H groups in total. The van der Waals surface area contributed by atoms with Gasteiger partial charge >= 0.3 is 6.18 Å². The number of hydrogen-bond acceptors (Lipinski definition) is 3. The van der Waals surface area contributed by atoms with Gasteiger partial charge in [0.15, 0.2) is 0 Å². The van der Waals surface area contributed by atoms with E-state index >= 15 is 0 Å². The zero-order valence-corrected chi connectivity index (χ0v) is 19.8. The highest BCUT2D eigenvalue weighted by atomic mass is 19.4. The molecule has 0 aliphatic carbocycles. The smallest absolute Gasteiger partial charge is 0.416 e. The number of nitrogens with zero attached hydrogens (tertiary/aromatic N) is 2. The van der Waals surface area contributed by atoms with Gasteiger partial charge < -0.3 is 4.42 Å². The molecule has 3 aromatic carbocycles. The standard InChI is InChI=1S/C29H29F3N2O/c1-21-3-7-23(8-4-21)24-9-12-28-25(17-24)18-27(35-28)20-34-14-2-13-33(15-16-34)19-22-5-10-26(11-6-22)29(30,31)32/h3-12,17-18H,2,13-16,19-20H2,1H3. The summed E-state index contributed by atoms with van der Waals surface area (Å²) in [6, 6.07) is 22.5. The van der Waals surface area contributed by atoms with Gasteiger partial charge in [0.1, 0.15) is 11.3 Å². The van der Waals surface area contributed by atoms with Crippen LogP contribution in [0, 0.1) is 6.92 Å². The van der Waals surface area contributed by atoms with Gasteiger partial charge in [-0.1, -0.05) is 48.0 Å². The first-order chi connectivity index (χ1) is 16.8. The third-order valence-corrected chi connectivity index (χ3v) is 6.70. The van der Waals surface area contributed by atoms with Crippen LogP contribution in [0.1, 0.15) is 28.9 Å². The molecule has 182 valence electrons. The maximum Gasteiger partial charge on any atom is 0.416 e. The first kappa shape index (κ1) is 23.6. The normalized spacial score (nSPS) is 16.0. The van der Waals surface area contributed by atoms with E-state index in [2.05, 4.69) is 59.2 Å². The number of alkyl halides is 3. The molecule has 4 aromatic rings. The molecule has 0 spiro atoms. The summed E-state index contributed by atoms with van der Waals surface area (Å²) < 4.78 is 44.6. The number of rotatable bonds is 5. The average Bonchev–Trinajstić information content (AvgIpc) is 3.11. The molecule has 1 aromatic heterocycles. The van der Waals surface area contributed by atoms with Crippen molar-refractivity contribution < 1.29 is 17.6 Å². The highest BCUT2D eigenvalue weighted by Crippen LogP contribution is 2.30. The Labute approximate surface area is 203 Å². The van der Waals surface area contributed by atoms with Crippen LogP contribution in [0.2, 0.25) is 0 Å². The third kappa shape index (κ3) is 5.77. The topological polar surface area (TPSA) is 19.6 Å². The van der Waals surface area contributed by atoms with Crippen LogP contribution in [0.15, 0.2) is 77.2 Å². The Kier molecular flexibility index (Phi) is 6.67. The average molecular weight is 479 g/mol. The monoisotopic (exact) mass is 478 g/mol. The first-order valence-electron chi connectivity index (χ1n) is 12.0. The molecule has 0 radical (unpaired) electrons. The highest BCUT2D eigenvalue weighted by Gasteiger charge is 2.30. The van der Waals surface area contributed by atoms with Gasteiger partial charge in [-0.3, -0.25) is 9.80 Å². The predicted molar refractivity (Wildman–Crippen MR) is 133 cm³/mol. The molecule has 3 nitrogen and oxygen atoms in total. The Hall–Kier alpha value is -3.09. The molecule has 0 amide bonds. The molecule has 2 heterocycles. The maximum absolute atomic E-state index is 12.8. The summed E-state index contributed by atoms with van der Waals surface area (Å²) >= 11 is 0. The minimum absolute atomic E-state index is 0.597. The van der Waals surface area contributed by atoms with Gasteiger partial charge in [0, 0.05) is 25.0 Å². The van der Waals surface area contributed by atoms with Crippen LogP contribution in [0.5, 0.6) is 0 Å². The molecular weight excluding hydrogens is 449 g/mol. The molecular formula is C29H29F3N2O. The summed E-state index contributed by atoms with van der Waals surface area (Å²) in [4.78, 5) is 4.71. The van der Waals surface area contributed by atoms with E-state index in [1.165, 1.54) is 28.8 Å². The van der Waals surface area contributed by atoms with Crippen LogP contribution in [0.4, 0.5) is 13.2 Å². The number of halogens is 3. The quantitative estimate of drug-likeness (QED) is 0.304. The fourth-order valence-electron chi connectivity index (χ4n) is 4.72. The van der Waals surface area contributed by atoms with Gasteiger partial charge in [0.05, 0.1) is 12.1 Å². The van der Waals surface area contributed by atoms with Crippen molar-refractivity contribution in [1.82, 2.24) is 9.80 Å². The lowest BCUT2D eigenvalue weighted by Gasteiger charge is -2.21. The van der Waals surface area contributed by atoms with E-state index in [1.54, 1.807) is 12.1 Å². The van der Waals surface area contributed by atoms with Gasteiger partial charge in [0.25, 0.3) is 0 Å². The molecule has 1 fully saturated rings. The molecule has 1 saturated heterocycles. The number of furan rings is 1. The molecule has 1 aliphatic rings. The van der Waals surface area contributed by atoms with Crippen molar-refractivity contribution in [3.63, 3.8) is 0 Å². The Balaban J connectivity index is 1.20. The summed E-state index contributed by atoms with van der Waals surface area (Å²) in [5.41, 5.74) is 4.83. The van der Waals surface area contributed by atoms with Gasteiger partial charge in [-0.05, 0) is 73.5 Å². The first-order valence-corrected chi connectivity index (χ1v) is 12.0. The van der Waals surface area contributed by atoms with Crippen molar-refractivity contribution in [2.75, 3.05) is 26.2 Å². The van der Waals surface area contributed by atoms with Gasteiger partial charge in [-0.2, -0.15) is 13.2 Å². The minimum Gasteiger partial charge on any atom is -0.460 e. The SMILES string of the molecule is Cc1ccc(-c2ccc3oc(CN4CCCN(Cc5ccc(C(F)(F)F)cc5)CC4)cc3c2)cc1. The van der Waals surface area contributed by atoms with Crippen molar-refractivity contribution in [2.45, 2.75) is 32.6 Å². The number of hydrogen-bond donors (Lipinski definition) is 0. The Morgan fingerprint density at radius 3 is 2.09 bits per heavy atom.